The lowest BCUT2D eigenvalue weighted by molar-refractivity contribution is -0.142. The van der Waals surface area contributed by atoms with Crippen LogP contribution in [0, 0.1) is 6.92 Å². The standard InChI is InChI=1S/C20H19IN2O4/c1-13-5-3-4-6-17(13)14-7-9-15(10-8-14)18(24)23-12-16(22-27-2)11-20(23,21)19(25)26/h3-10H,11-12H2,1-2H3,(H,25,26). The first-order chi connectivity index (χ1) is 12.9. The van der Waals surface area contributed by atoms with Crippen molar-refractivity contribution in [3.8, 4) is 11.1 Å². The van der Waals surface area contributed by atoms with Crippen LogP contribution in [0.3, 0.4) is 0 Å². The molecule has 1 aliphatic heterocycles. The molecule has 7 heteroatoms. The molecule has 1 aliphatic rings. The fourth-order valence-corrected chi connectivity index (χ4v) is 4.02. The lowest BCUT2D eigenvalue weighted by Gasteiger charge is -2.28. The number of carbonyl (C=O) groups excluding carboxylic acids is 1. The third-order valence-corrected chi connectivity index (χ3v) is 6.01. The van der Waals surface area contributed by atoms with Crippen molar-refractivity contribution in [2.45, 2.75) is 16.9 Å². The van der Waals surface area contributed by atoms with Gasteiger partial charge >= 0.3 is 5.97 Å². The van der Waals surface area contributed by atoms with Crippen molar-refractivity contribution in [2.24, 2.45) is 5.16 Å². The Balaban J connectivity index is 1.90. The zero-order chi connectivity index (χ0) is 19.6. The maximum Gasteiger partial charge on any atom is 0.340 e. The van der Waals surface area contributed by atoms with Gasteiger partial charge in [-0.25, -0.2) is 4.79 Å². The third kappa shape index (κ3) is 3.69. The van der Waals surface area contributed by atoms with E-state index in [4.69, 9.17) is 4.84 Å². The summed E-state index contributed by atoms with van der Waals surface area (Å²) >= 11 is 1.80. The highest BCUT2D eigenvalue weighted by atomic mass is 127. The molecule has 1 fully saturated rings. The minimum absolute atomic E-state index is 0.126. The summed E-state index contributed by atoms with van der Waals surface area (Å²) in [5, 5.41) is 13.5. The Morgan fingerprint density at radius 3 is 2.44 bits per heavy atom. The number of aryl methyl sites for hydroxylation is 1. The topological polar surface area (TPSA) is 79.2 Å². The molecule has 0 radical (unpaired) electrons. The number of alkyl halides is 1. The van der Waals surface area contributed by atoms with E-state index in [1.807, 2.05) is 43.3 Å². The maximum absolute atomic E-state index is 13.0. The van der Waals surface area contributed by atoms with Crippen LogP contribution in [0.5, 0.6) is 0 Å². The molecule has 1 atom stereocenters. The minimum Gasteiger partial charge on any atom is -0.479 e. The number of carboxylic acids is 1. The maximum atomic E-state index is 13.0. The van der Waals surface area contributed by atoms with E-state index in [0.717, 1.165) is 16.7 Å². The molecule has 0 spiro atoms. The summed E-state index contributed by atoms with van der Waals surface area (Å²) in [5.41, 5.74) is 4.22. The van der Waals surface area contributed by atoms with Gasteiger partial charge < -0.3 is 14.8 Å². The van der Waals surface area contributed by atoms with E-state index in [1.54, 1.807) is 34.7 Å². The number of carbonyl (C=O) groups is 2. The second kappa shape index (κ2) is 7.67. The molecule has 27 heavy (non-hydrogen) atoms. The van der Waals surface area contributed by atoms with Crippen molar-refractivity contribution in [3.05, 3.63) is 59.7 Å². The van der Waals surface area contributed by atoms with E-state index in [0.29, 0.717) is 11.3 Å². The highest BCUT2D eigenvalue weighted by Crippen LogP contribution is 2.36. The normalized spacial score (nSPS) is 20.7. The molecule has 140 valence electrons. The predicted octanol–water partition coefficient (Wildman–Crippen LogP) is 3.73. The van der Waals surface area contributed by atoms with Crippen molar-refractivity contribution in [3.63, 3.8) is 0 Å². The molecule has 0 aliphatic carbocycles. The number of aliphatic carboxylic acids is 1. The fraction of sp³-hybridized carbons (Fsp3) is 0.250. The van der Waals surface area contributed by atoms with Crippen LogP contribution in [0.2, 0.25) is 0 Å². The van der Waals surface area contributed by atoms with Gasteiger partial charge in [0.15, 0.2) is 3.55 Å². The number of carboxylic acid groups (broad SMARTS) is 1. The van der Waals surface area contributed by atoms with Crippen molar-refractivity contribution in [1.82, 2.24) is 4.90 Å². The summed E-state index contributed by atoms with van der Waals surface area (Å²) in [6, 6.07) is 15.2. The van der Waals surface area contributed by atoms with Crippen molar-refractivity contribution in [1.29, 1.82) is 0 Å². The zero-order valence-electron chi connectivity index (χ0n) is 15.0. The molecular weight excluding hydrogens is 459 g/mol. The first kappa shape index (κ1) is 19.3. The predicted molar refractivity (Wildman–Crippen MR) is 111 cm³/mol. The number of nitrogens with zero attached hydrogens (tertiary/aromatic N) is 2. The number of oxime groups is 1. The van der Waals surface area contributed by atoms with E-state index in [9.17, 15) is 14.7 Å². The van der Waals surface area contributed by atoms with Gasteiger partial charge in [-0.05, 0) is 58.3 Å². The van der Waals surface area contributed by atoms with E-state index in [2.05, 4.69) is 5.16 Å². The molecule has 1 heterocycles. The molecule has 0 bridgehead atoms. The molecular formula is C20H19IN2O4. The molecule has 1 unspecified atom stereocenters. The lowest BCUT2D eigenvalue weighted by Crippen LogP contribution is -2.48. The van der Waals surface area contributed by atoms with Crippen molar-refractivity contribution < 1.29 is 19.5 Å². The summed E-state index contributed by atoms with van der Waals surface area (Å²) in [6.07, 6.45) is 0.129. The fourth-order valence-electron chi connectivity index (χ4n) is 3.19. The van der Waals surface area contributed by atoms with E-state index < -0.39 is 9.51 Å². The number of benzene rings is 2. The second-order valence-corrected chi connectivity index (χ2v) is 8.15. The quantitative estimate of drug-likeness (QED) is 0.315. The van der Waals surface area contributed by atoms with Crippen molar-refractivity contribution >= 4 is 40.2 Å². The number of rotatable bonds is 4. The molecule has 0 aromatic heterocycles. The Bertz CT molecular complexity index is 910. The van der Waals surface area contributed by atoms with Crippen LogP contribution in [0.15, 0.2) is 53.7 Å². The Morgan fingerprint density at radius 1 is 1.19 bits per heavy atom. The summed E-state index contributed by atoms with van der Waals surface area (Å²) in [7, 11) is 1.40. The molecule has 1 N–H and O–H groups in total. The molecule has 3 rings (SSSR count). The van der Waals surface area contributed by atoms with Gasteiger partial charge in [0.25, 0.3) is 5.91 Å². The first-order valence-electron chi connectivity index (χ1n) is 8.36. The number of hydrogen-bond acceptors (Lipinski definition) is 4. The highest BCUT2D eigenvalue weighted by Gasteiger charge is 2.51. The van der Waals surface area contributed by atoms with Gasteiger partial charge in [0, 0.05) is 12.0 Å². The van der Waals surface area contributed by atoms with Gasteiger partial charge in [0.05, 0.1) is 12.3 Å². The van der Waals surface area contributed by atoms with Crippen LogP contribution >= 0.6 is 22.6 Å². The third-order valence-electron chi connectivity index (χ3n) is 4.59. The van der Waals surface area contributed by atoms with E-state index in [-0.39, 0.29) is 18.9 Å². The highest BCUT2D eigenvalue weighted by molar-refractivity contribution is 14.1. The van der Waals surface area contributed by atoms with E-state index in [1.165, 1.54) is 12.0 Å². The van der Waals surface area contributed by atoms with Crippen LogP contribution < -0.4 is 0 Å². The Labute approximate surface area is 171 Å². The van der Waals surface area contributed by atoms with Crippen LogP contribution in [0.1, 0.15) is 22.3 Å². The van der Waals surface area contributed by atoms with Gasteiger partial charge in [0.2, 0.25) is 0 Å². The summed E-state index contributed by atoms with van der Waals surface area (Å²) < 4.78 is -1.37. The Hall–Kier alpha value is -2.42. The van der Waals surface area contributed by atoms with Crippen LogP contribution in [-0.2, 0) is 9.63 Å². The summed E-state index contributed by atoms with van der Waals surface area (Å²) in [5.74, 6) is -1.42. The Morgan fingerprint density at radius 2 is 1.85 bits per heavy atom. The minimum atomic E-state index is -1.37. The molecule has 0 saturated carbocycles. The lowest BCUT2D eigenvalue weighted by atomic mass is 9.99. The Kier molecular flexibility index (Phi) is 5.50. The summed E-state index contributed by atoms with van der Waals surface area (Å²) in [6.45, 7) is 2.16. The van der Waals surface area contributed by atoms with Crippen LogP contribution in [0.25, 0.3) is 11.1 Å². The molecule has 2 aromatic rings. The van der Waals surface area contributed by atoms with Crippen LogP contribution in [-0.4, -0.2) is 44.8 Å². The monoisotopic (exact) mass is 478 g/mol. The smallest absolute Gasteiger partial charge is 0.340 e. The SMILES string of the molecule is CON=C1CN(C(=O)c2ccc(-c3ccccc3C)cc2)C(I)(C(=O)O)C1. The molecule has 1 amide bonds. The van der Waals surface area contributed by atoms with Gasteiger partial charge in [0.1, 0.15) is 7.11 Å². The summed E-state index contributed by atoms with van der Waals surface area (Å²) in [4.78, 5) is 30.9. The van der Waals surface area contributed by atoms with Gasteiger partial charge in [-0.15, -0.1) is 0 Å². The van der Waals surface area contributed by atoms with Crippen LogP contribution in [0.4, 0.5) is 0 Å². The number of halogens is 1. The molecule has 6 nitrogen and oxygen atoms in total. The number of likely N-dealkylation sites (tertiary alicyclic amines) is 1. The van der Waals surface area contributed by atoms with E-state index >= 15 is 0 Å². The first-order valence-corrected chi connectivity index (χ1v) is 9.44. The molecule has 1 saturated heterocycles. The largest absolute Gasteiger partial charge is 0.479 e. The number of hydrogen-bond donors (Lipinski definition) is 1. The van der Waals surface area contributed by atoms with Gasteiger partial charge in [-0.2, -0.15) is 0 Å². The number of amides is 1. The zero-order valence-corrected chi connectivity index (χ0v) is 17.1. The van der Waals surface area contributed by atoms with Gasteiger partial charge in [-0.3, -0.25) is 4.79 Å². The van der Waals surface area contributed by atoms with Gasteiger partial charge in [-0.1, -0.05) is 41.6 Å². The van der Waals surface area contributed by atoms with Crippen molar-refractivity contribution in [2.75, 3.05) is 13.7 Å². The second-order valence-electron chi connectivity index (χ2n) is 6.36. The average molecular weight is 478 g/mol. The molecule has 2 aromatic carbocycles. The average Bonchev–Trinajstić information content (AvgIpc) is 3.00.